The molecule has 0 saturated heterocycles. The van der Waals surface area contributed by atoms with Crippen molar-refractivity contribution in [1.29, 1.82) is 0 Å². The molecule has 3 aromatic heterocycles. The Balaban J connectivity index is 1.66. The molecule has 0 bridgehead atoms. The van der Waals surface area contributed by atoms with Crippen LogP contribution in [0.4, 0.5) is 0 Å². The van der Waals surface area contributed by atoms with Crippen LogP contribution >= 0.6 is 0 Å². The van der Waals surface area contributed by atoms with E-state index >= 15 is 0 Å². The number of benzene rings is 1. The molecule has 0 unspecified atom stereocenters. The van der Waals surface area contributed by atoms with Gasteiger partial charge in [0.1, 0.15) is 17.8 Å². The molecule has 9 nitrogen and oxygen atoms in total. The Morgan fingerprint density at radius 2 is 2.03 bits per heavy atom. The Morgan fingerprint density at radius 1 is 1.19 bits per heavy atom. The average Bonchev–Trinajstić information content (AvgIpc) is 3.45. The molecular weight excluding hydrogens is 396 g/mol. The SMILES string of the molecule is COCC(C)(C)c1nc(-c2ncn3c2Cc2cn(C)nc2-c2cc(OC)ccc2-3)no1. The molecule has 4 heterocycles. The number of hydrogen-bond donors (Lipinski definition) is 0. The normalized spacial score (nSPS) is 12.8. The summed E-state index contributed by atoms with van der Waals surface area (Å²) in [5, 5.41) is 8.95. The third-order valence-corrected chi connectivity index (χ3v) is 5.57. The Labute approximate surface area is 179 Å². The molecule has 0 saturated carbocycles. The average molecular weight is 420 g/mol. The number of imidazole rings is 1. The first kappa shape index (κ1) is 19.5. The number of hydrogen-bond acceptors (Lipinski definition) is 7. The minimum Gasteiger partial charge on any atom is -0.497 e. The highest BCUT2D eigenvalue weighted by molar-refractivity contribution is 5.77. The topological polar surface area (TPSA) is 93.0 Å². The van der Waals surface area contributed by atoms with Gasteiger partial charge in [-0.25, -0.2) is 4.98 Å². The quantitative estimate of drug-likeness (QED) is 0.431. The Hall–Kier alpha value is -3.46. The third-order valence-electron chi connectivity index (χ3n) is 5.57. The second kappa shape index (κ2) is 7.05. The lowest BCUT2D eigenvalue weighted by atomic mass is 9.95. The summed E-state index contributed by atoms with van der Waals surface area (Å²) in [4.78, 5) is 9.31. The van der Waals surface area contributed by atoms with E-state index in [2.05, 4.69) is 19.7 Å². The molecular formula is C22H24N6O3. The predicted octanol–water partition coefficient (Wildman–Crippen LogP) is 3.16. The summed E-state index contributed by atoms with van der Waals surface area (Å²) in [6, 6.07) is 5.97. The highest BCUT2D eigenvalue weighted by Gasteiger charge is 2.31. The van der Waals surface area contributed by atoms with E-state index in [1.54, 1.807) is 20.5 Å². The zero-order chi connectivity index (χ0) is 21.8. The number of ether oxygens (including phenoxy) is 2. The van der Waals surface area contributed by atoms with E-state index in [0.717, 1.165) is 34.0 Å². The number of rotatable bonds is 5. The van der Waals surface area contributed by atoms with Gasteiger partial charge < -0.3 is 18.6 Å². The van der Waals surface area contributed by atoms with E-state index in [1.165, 1.54) is 0 Å². The Bertz CT molecular complexity index is 1270. The first-order valence-corrected chi connectivity index (χ1v) is 10.0. The van der Waals surface area contributed by atoms with Gasteiger partial charge in [-0.15, -0.1) is 0 Å². The van der Waals surface area contributed by atoms with E-state index in [0.29, 0.717) is 30.4 Å². The molecule has 0 fully saturated rings. The number of aryl methyl sites for hydroxylation is 1. The van der Waals surface area contributed by atoms with Gasteiger partial charge in [-0.2, -0.15) is 10.1 Å². The molecule has 0 atom stereocenters. The first-order chi connectivity index (χ1) is 14.9. The molecule has 1 aromatic carbocycles. The highest BCUT2D eigenvalue weighted by atomic mass is 16.5. The van der Waals surface area contributed by atoms with Crippen LogP contribution in [-0.2, 0) is 23.6 Å². The van der Waals surface area contributed by atoms with E-state index < -0.39 is 5.41 Å². The van der Waals surface area contributed by atoms with Crippen molar-refractivity contribution in [2.24, 2.45) is 7.05 Å². The zero-order valence-electron chi connectivity index (χ0n) is 18.2. The fraction of sp³-hybridized carbons (Fsp3) is 0.364. The van der Waals surface area contributed by atoms with Gasteiger partial charge in [-0.05, 0) is 32.0 Å². The van der Waals surface area contributed by atoms with E-state index in [4.69, 9.17) is 19.1 Å². The number of fused-ring (bicyclic) bond motifs is 5. The molecule has 0 amide bonds. The summed E-state index contributed by atoms with van der Waals surface area (Å²) in [6.45, 7) is 4.49. The van der Waals surface area contributed by atoms with Crippen LogP contribution in [-0.4, -0.2) is 50.3 Å². The number of aromatic nitrogens is 6. The second-order valence-corrected chi connectivity index (χ2v) is 8.39. The maximum atomic E-state index is 5.58. The highest BCUT2D eigenvalue weighted by Crippen LogP contribution is 2.38. The van der Waals surface area contributed by atoms with Crippen molar-refractivity contribution in [3.63, 3.8) is 0 Å². The van der Waals surface area contributed by atoms with E-state index in [-0.39, 0.29) is 0 Å². The maximum Gasteiger partial charge on any atom is 0.234 e. The van der Waals surface area contributed by atoms with Gasteiger partial charge in [0.15, 0.2) is 0 Å². The molecule has 31 heavy (non-hydrogen) atoms. The van der Waals surface area contributed by atoms with Gasteiger partial charge in [-0.3, -0.25) is 4.68 Å². The molecule has 5 rings (SSSR count). The fourth-order valence-corrected chi connectivity index (χ4v) is 4.07. The van der Waals surface area contributed by atoms with Crippen LogP contribution in [0.3, 0.4) is 0 Å². The van der Waals surface area contributed by atoms with Crippen molar-refractivity contribution in [2.75, 3.05) is 20.8 Å². The van der Waals surface area contributed by atoms with Crippen molar-refractivity contribution in [1.82, 2.24) is 29.5 Å². The van der Waals surface area contributed by atoms with Crippen LogP contribution in [0.1, 0.15) is 31.0 Å². The standard InChI is InChI=1S/C22H24N6O3/c1-22(2,11-29-4)21-24-20(26-31-21)19-17-8-13-10-27(3)25-18(13)15-9-14(30-5)6-7-16(15)28(17)12-23-19/h6-7,9-10,12H,8,11H2,1-5H3. The van der Waals surface area contributed by atoms with E-state index in [9.17, 15) is 0 Å². The van der Waals surface area contributed by atoms with Crippen molar-refractivity contribution < 1.29 is 14.0 Å². The minimum absolute atomic E-state index is 0.393. The maximum absolute atomic E-state index is 5.58. The number of nitrogens with zero attached hydrogens (tertiary/aromatic N) is 6. The third kappa shape index (κ3) is 3.12. The fourth-order valence-electron chi connectivity index (χ4n) is 4.07. The van der Waals surface area contributed by atoms with Crippen molar-refractivity contribution in [2.45, 2.75) is 25.7 Å². The summed E-state index contributed by atoms with van der Waals surface area (Å²) in [5.41, 5.74) is 5.29. The molecule has 0 N–H and O–H groups in total. The summed E-state index contributed by atoms with van der Waals surface area (Å²) < 4.78 is 20.2. The Morgan fingerprint density at radius 3 is 2.81 bits per heavy atom. The summed E-state index contributed by atoms with van der Waals surface area (Å²) in [7, 11) is 5.25. The van der Waals surface area contributed by atoms with Crippen LogP contribution in [0, 0.1) is 0 Å². The molecule has 160 valence electrons. The van der Waals surface area contributed by atoms with Crippen LogP contribution in [0.15, 0.2) is 35.2 Å². The number of methoxy groups -OCH3 is 2. The summed E-state index contributed by atoms with van der Waals surface area (Å²) in [5.74, 6) is 1.77. The Kier molecular flexibility index (Phi) is 4.44. The lowest BCUT2D eigenvalue weighted by molar-refractivity contribution is 0.126. The van der Waals surface area contributed by atoms with Crippen LogP contribution in [0.5, 0.6) is 5.75 Å². The molecule has 1 aliphatic heterocycles. The minimum atomic E-state index is -0.393. The van der Waals surface area contributed by atoms with E-state index in [1.807, 2.05) is 50.0 Å². The zero-order valence-corrected chi connectivity index (χ0v) is 18.2. The van der Waals surface area contributed by atoms with Crippen molar-refractivity contribution in [3.05, 3.63) is 47.9 Å². The molecule has 9 heteroatoms. The first-order valence-electron chi connectivity index (χ1n) is 10.0. The van der Waals surface area contributed by atoms with Crippen LogP contribution in [0.25, 0.3) is 28.5 Å². The van der Waals surface area contributed by atoms with Crippen LogP contribution < -0.4 is 4.74 Å². The molecule has 0 spiro atoms. The molecule has 4 aromatic rings. The van der Waals surface area contributed by atoms with Gasteiger partial charge in [0.25, 0.3) is 0 Å². The largest absolute Gasteiger partial charge is 0.497 e. The molecule has 0 aliphatic carbocycles. The summed E-state index contributed by atoms with van der Waals surface area (Å²) in [6.07, 6.45) is 4.48. The molecule has 1 aliphatic rings. The second-order valence-electron chi connectivity index (χ2n) is 8.39. The predicted molar refractivity (Wildman–Crippen MR) is 113 cm³/mol. The lowest BCUT2D eigenvalue weighted by Crippen LogP contribution is -2.23. The van der Waals surface area contributed by atoms with Crippen LogP contribution in [0.2, 0.25) is 0 Å². The van der Waals surface area contributed by atoms with Crippen molar-refractivity contribution >= 4 is 0 Å². The molecule has 0 radical (unpaired) electrons. The van der Waals surface area contributed by atoms with Gasteiger partial charge in [0.2, 0.25) is 11.7 Å². The lowest BCUT2D eigenvalue weighted by Gasteiger charge is -2.17. The van der Waals surface area contributed by atoms with Gasteiger partial charge >= 0.3 is 0 Å². The van der Waals surface area contributed by atoms with Gasteiger partial charge in [0.05, 0.1) is 36.2 Å². The smallest absolute Gasteiger partial charge is 0.234 e. The van der Waals surface area contributed by atoms with Gasteiger partial charge in [-0.1, -0.05) is 5.16 Å². The monoisotopic (exact) mass is 420 g/mol. The van der Waals surface area contributed by atoms with Crippen molar-refractivity contribution in [3.8, 4) is 34.2 Å². The summed E-state index contributed by atoms with van der Waals surface area (Å²) >= 11 is 0. The van der Waals surface area contributed by atoms with Gasteiger partial charge in [0, 0.05) is 37.9 Å².